The Balaban J connectivity index is 1.90. The van der Waals surface area contributed by atoms with E-state index in [4.69, 9.17) is 21.4 Å². The third kappa shape index (κ3) is 6.15. The van der Waals surface area contributed by atoms with Gasteiger partial charge < -0.3 is 9.84 Å². The third-order valence-corrected chi connectivity index (χ3v) is 6.96. The Labute approximate surface area is 198 Å². The van der Waals surface area contributed by atoms with Crippen molar-refractivity contribution < 1.29 is 23.1 Å². The minimum atomic E-state index is -3.84. The maximum Gasteiger partial charge on any atom is 0.328 e. The van der Waals surface area contributed by atoms with E-state index in [2.05, 4.69) is 0 Å². The number of nitrogens with zero attached hydrogens (tertiary/aromatic N) is 1. The first-order chi connectivity index (χ1) is 15.7. The van der Waals surface area contributed by atoms with Crippen LogP contribution < -0.4 is 9.04 Å². The molecule has 8 heteroatoms. The summed E-state index contributed by atoms with van der Waals surface area (Å²) in [5, 5.41) is 9.16. The van der Waals surface area contributed by atoms with E-state index in [1.165, 1.54) is 10.4 Å². The summed E-state index contributed by atoms with van der Waals surface area (Å²) in [6.07, 6.45) is 2.56. The lowest BCUT2D eigenvalue weighted by molar-refractivity contribution is -0.131. The summed E-state index contributed by atoms with van der Waals surface area (Å²) in [6.45, 7) is 3.76. The molecule has 0 saturated heterocycles. The molecule has 33 heavy (non-hydrogen) atoms. The molecule has 0 fully saturated rings. The van der Waals surface area contributed by atoms with Crippen molar-refractivity contribution in [2.45, 2.75) is 31.4 Å². The highest BCUT2D eigenvalue weighted by molar-refractivity contribution is 7.92. The Morgan fingerprint density at radius 2 is 1.73 bits per heavy atom. The van der Waals surface area contributed by atoms with Crippen molar-refractivity contribution in [1.29, 1.82) is 0 Å². The van der Waals surface area contributed by atoms with Crippen LogP contribution in [-0.2, 0) is 21.4 Å². The molecule has 0 amide bonds. The molecule has 1 N–H and O–H groups in total. The smallest absolute Gasteiger partial charge is 0.328 e. The topological polar surface area (TPSA) is 83.9 Å². The molecule has 0 aliphatic heterocycles. The predicted molar refractivity (Wildman–Crippen MR) is 130 cm³/mol. The fourth-order valence-electron chi connectivity index (χ4n) is 3.23. The highest BCUT2D eigenvalue weighted by atomic mass is 35.5. The maximum atomic E-state index is 13.4. The van der Waals surface area contributed by atoms with Crippen LogP contribution in [0, 0.1) is 0 Å². The Kier molecular flexibility index (Phi) is 7.79. The van der Waals surface area contributed by atoms with Crippen LogP contribution >= 0.6 is 11.6 Å². The average molecular weight is 486 g/mol. The van der Waals surface area contributed by atoms with Crippen LogP contribution in [-0.4, -0.2) is 25.5 Å². The number of carboxylic acid groups (broad SMARTS) is 1. The number of sulfonamides is 1. The summed E-state index contributed by atoms with van der Waals surface area (Å²) in [5.41, 5.74) is 1.96. The van der Waals surface area contributed by atoms with Crippen molar-refractivity contribution in [3.63, 3.8) is 0 Å². The lowest BCUT2D eigenvalue weighted by atomic mass is 10.1. The number of halogens is 1. The molecule has 0 aliphatic rings. The van der Waals surface area contributed by atoms with E-state index >= 15 is 0 Å². The van der Waals surface area contributed by atoms with Crippen molar-refractivity contribution in [2.75, 3.05) is 4.31 Å². The van der Waals surface area contributed by atoms with Crippen LogP contribution in [0.3, 0.4) is 0 Å². The Morgan fingerprint density at radius 3 is 2.33 bits per heavy atom. The molecule has 0 bridgehead atoms. The number of anilines is 1. The largest absolute Gasteiger partial charge is 0.487 e. The summed E-state index contributed by atoms with van der Waals surface area (Å²) in [6, 6.07) is 19.9. The lowest BCUT2D eigenvalue weighted by Crippen LogP contribution is -2.37. The van der Waals surface area contributed by atoms with Crippen LogP contribution in [0.5, 0.6) is 5.75 Å². The molecule has 0 radical (unpaired) electrons. The molecule has 0 aromatic heterocycles. The Bertz CT molecular complexity index is 1240. The zero-order valence-electron chi connectivity index (χ0n) is 18.2. The van der Waals surface area contributed by atoms with E-state index in [0.29, 0.717) is 16.5 Å². The van der Waals surface area contributed by atoms with E-state index in [9.17, 15) is 13.2 Å². The van der Waals surface area contributed by atoms with Gasteiger partial charge in [0.05, 0.1) is 10.6 Å². The third-order valence-electron chi connectivity index (χ3n) is 4.72. The number of carbonyl (C=O) groups is 1. The van der Waals surface area contributed by atoms with Gasteiger partial charge in [0, 0.05) is 23.2 Å². The van der Waals surface area contributed by atoms with Crippen molar-refractivity contribution in [3.8, 4) is 5.75 Å². The van der Waals surface area contributed by atoms with E-state index < -0.39 is 16.0 Å². The standard InChI is InChI=1S/C25H24ClNO5S/c1-18(2)27(33(30,31)22-6-4-3-5-7-22)23-14-13-21(26)16-24(23)32-17-20-10-8-19(9-11-20)12-15-25(28)29/h3-16,18H,17H2,1-2H3,(H,28,29)/b15-12+. The molecule has 172 valence electrons. The minimum Gasteiger partial charge on any atom is -0.487 e. The normalized spacial score (nSPS) is 11.6. The molecular formula is C25H24ClNO5S. The van der Waals surface area contributed by atoms with Crippen molar-refractivity contribution in [1.82, 2.24) is 0 Å². The van der Waals surface area contributed by atoms with E-state index in [-0.39, 0.29) is 17.5 Å². The highest BCUT2D eigenvalue weighted by Crippen LogP contribution is 2.36. The molecule has 0 saturated carbocycles. The summed E-state index contributed by atoms with van der Waals surface area (Å²) >= 11 is 6.19. The maximum absolute atomic E-state index is 13.4. The fourth-order valence-corrected chi connectivity index (χ4v) is 5.09. The van der Waals surface area contributed by atoms with Gasteiger partial charge in [-0.1, -0.05) is 54.1 Å². The zero-order chi connectivity index (χ0) is 24.0. The molecule has 0 spiro atoms. The van der Waals surface area contributed by atoms with Crippen molar-refractivity contribution in [2.24, 2.45) is 0 Å². The van der Waals surface area contributed by atoms with E-state index in [0.717, 1.165) is 17.2 Å². The van der Waals surface area contributed by atoms with Gasteiger partial charge in [-0.05, 0) is 55.3 Å². The molecule has 0 heterocycles. The number of ether oxygens (including phenoxy) is 1. The van der Waals surface area contributed by atoms with Gasteiger partial charge in [0.15, 0.2) is 0 Å². The zero-order valence-corrected chi connectivity index (χ0v) is 19.8. The number of carboxylic acids is 1. The summed E-state index contributed by atoms with van der Waals surface area (Å²) in [5.74, 6) is -0.679. The molecular weight excluding hydrogens is 462 g/mol. The fraction of sp³-hybridized carbons (Fsp3) is 0.160. The average Bonchev–Trinajstić information content (AvgIpc) is 2.78. The van der Waals surface area contributed by atoms with Gasteiger partial charge in [-0.15, -0.1) is 0 Å². The molecule has 6 nitrogen and oxygen atoms in total. The van der Waals surface area contributed by atoms with E-state index in [1.807, 2.05) is 12.1 Å². The van der Waals surface area contributed by atoms with Crippen LogP contribution in [0.15, 0.2) is 83.8 Å². The first-order valence-corrected chi connectivity index (χ1v) is 12.0. The summed E-state index contributed by atoms with van der Waals surface area (Å²) in [4.78, 5) is 10.8. The Hall–Kier alpha value is -3.29. The predicted octanol–water partition coefficient (Wildman–Crippen LogP) is 5.62. The second-order valence-corrected chi connectivity index (χ2v) is 9.77. The van der Waals surface area contributed by atoms with Gasteiger partial charge in [0.1, 0.15) is 12.4 Å². The SMILES string of the molecule is CC(C)N(c1ccc(Cl)cc1OCc1ccc(/C=C/C(=O)O)cc1)S(=O)(=O)c1ccccc1. The van der Waals surface area contributed by atoms with Gasteiger partial charge >= 0.3 is 5.97 Å². The molecule has 0 aliphatic carbocycles. The number of hydrogen-bond donors (Lipinski definition) is 1. The van der Waals surface area contributed by atoms with Crippen LogP contribution in [0.2, 0.25) is 5.02 Å². The molecule has 3 aromatic rings. The molecule has 0 atom stereocenters. The monoisotopic (exact) mass is 485 g/mol. The summed E-state index contributed by atoms with van der Waals surface area (Å²) < 4.78 is 34.2. The molecule has 0 unspecified atom stereocenters. The van der Waals surface area contributed by atoms with Gasteiger partial charge in [-0.3, -0.25) is 4.31 Å². The van der Waals surface area contributed by atoms with Crippen LogP contribution in [0.25, 0.3) is 6.08 Å². The quantitative estimate of drug-likeness (QED) is 0.397. The Morgan fingerprint density at radius 1 is 1.06 bits per heavy atom. The van der Waals surface area contributed by atoms with Gasteiger partial charge in [-0.2, -0.15) is 0 Å². The van der Waals surface area contributed by atoms with Crippen LogP contribution in [0.1, 0.15) is 25.0 Å². The summed E-state index contributed by atoms with van der Waals surface area (Å²) in [7, 11) is -3.84. The number of aliphatic carboxylic acids is 1. The van der Waals surface area contributed by atoms with Gasteiger partial charge in [-0.25, -0.2) is 13.2 Å². The number of hydrogen-bond acceptors (Lipinski definition) is 4. The number of rotatable bonds is 9. The molecule has 3 aromatic carbocycles. The first kappa shape index (κ1) is 24.4. The van der Waals surface area contributed by atoms with Crippen LogP contribution in [0.4, 0.5) is 5.69 Å². The first-order valence-electron chi connectivity index (χ1n) is 10.2. The van der Waals surface area contributed by atoms with Crippen molar-refractivity contribution >= 4 is 39.4 Å². The second kappa shape index (κ2) is 10.6. The second-order valence-electron chi connectivity index (χ2n) is 7.52. The van der Waals surface area contributed by atoms with E-state index in [1.54, 1.807) is 74.5 Å². The minimum absolute atomic E-state index is 0.174. The van der Waals surface area contributed by atoms with Gasteiger partial charge in [0.2, 0.25) is 0 Å². The molecule has 3 rings (SSSR count). The number of benzene rings is 3. The van der Waals surface area contributed by atoms with Gasteiger partial charge in [0.25, 0.3) is 10.0 Å². The lowest BCUT2D eigenvalue weighted by Gasteiger charge is -2.30. The highest BCUT2D eigenvalue weighted by Gasteiger charge is 2.29. The van der Waals surface area contributed by atoms with Crippen molar-refractivity contribution in [3.05, 3.63) is 95.0 Å².